The SMILES string of the molecule is CCC(C)(O)CNC(=O)c1cc(Cl)nc(C(C)C)c1. The third kappa shape index (κ3) is 4.80. The van der Waals surface area contributed by atoms with E-state index in [1.54, 1.807) is 13.0 Å². The summed E-state index contributed by atoms with van der Waals surface area (Å²) < 4.78 is 0. The number of carbonyl (C=O) groups excluding carboxylic acids is 1. The van der Waals surface area contributed by atoms with E-state index >= 15 is 0 Å². The van der Waals surface area contributed by atoms with Gasteiger partial charge in [0.2, 0.25) is 0 Å². The Bertz CT molecular complexity index is 459. The average molecular weight is 285 g/mol. The molecule has 1 heterocycles. The lowest BCUT2D eigenvalue weighted by molar-refractivity contribution is 0.0518. The summed E-state index contributed by atoms with van der Waals surface area (Å²) in [4.78, 5) is 16.2. The van der Waals surface area contributed by atoms with E-state index in [4.69, 9.17) is 11.6 Å². The highest BCUT2D eigenvalue weighted by Crippen LogP contribution is 2.18. The lowest BCUT2D eigenvalue weighted by Crippen LogP contribution is -2.40. The highest BCUT2D eigenvalue weighted by atomic mass is 35.5. The summed E-state index contributed by atoms with van der Waals surface area (Å²) in [6.45, 7) is 7.74. The van der Waals surface area contributed by atoms with Crippen LogP contribution in [0.2, 0.25) is 5.15 Å². The number of carbonyl (C=O) groups is 1. The molecule has 1 aromatic rings. The topological polar surface area (TPSA) is 62.2 Å². The molecule has 0 aliphatic rings. The fraction of sp³-hybridized carbons (Fsp3) is 0.571. The van der Waals surface area contributed by atoms with Gasteiger partial charge >= 0.3 is 0 Å². The standard InChI is InChI=1S/C14H21ClN2O2/c1-5-14(4,19)8-16-13(18)10-6-11(9(2)3)17-12(15)7-10/h6-7,9,19H,5,8H2,1-4H3,(H,16,18). The van der Waals surface area contributed by atoms with E-state index in [1.807, 2.05) is 20.8 Å². The Kier molecular flexibility index (Phi) is 5.32. The molecule has 1 aromatic heterocycles. The molecule has 0 fully saturated rings. The van der Waals surface area contributed by atoms with Gasteiger partial charge in [-0.15, -0.1) is 0 Å². The Hall–Kier alpha value is -1.13. The minimum Gasteiger partial charge on any atom is -0.388 e. The molecule has 0 bridgehead atoms. The molecule has 0 saturated carbocycles. The Labute approximate surface area is 119 Å². The van der Waals surface area contributed by atoms with Crippen molar-refractivity contribution in [2.45, 2.75) is 45.6 Å². The van der Waals surface area contributed by atoms with Crippen molar-refractivity contribution in [1.82, 2.24) is 10.3 Å². The summed E-state index contributed by atoms with van der Waals surface area (Å²) >= 11 is 5.92. The van der Waals surface area contributed by atoms with Gasteiger partial charge in [0.1, 0.15) is 5.15 Å². The number of aromatic nitrogens is 1. The Morgan fingerprint density at radius 2 is 2.16 bits per heavy atom. The van der Waals surface area contributed by atoms with Crippen molar-refractivity contribution >= 4 is 17.5 Å². The highest BCUT2D eigenvalue weighted by molar-refractivity contribution is 6.29. The molecule has 1 amide bonds. The van der Waals surface area contributed by atoms with Crippen LogP contribution in [-0.2, 0) is 0 Å². The van der Waals surface area contributed by atoms with E-state index in [0.717, 1.165) is 5.69 Å². The van der Waals surface area contributed by atoms with E-state index in [9.17, 15) is 9.90 Å². The largest absolute Gasteiger partial charge is 0.388 e. The van der Waals surface area contributed by atoms with E-state index in [0.29, 0.717) is 17.1 Å². The fourth-order valence-corrected chi connectivity index (χ4v) is 1.66. The van der Waals surface area contributed by atoms with Crippen LogP contribution in [0.15, 0.2) is 12.1 Å². The molecule has 0 saturated heterocycles. The zero-order chi connectivity index (χ0) is 14.6. The molecule has 5 heteroatoms. The first-order valence-corrected chi connectivity index (χ1v) is 6.81. The summed E-state index contributed by atoms with van der Waals surface area (Å²) in [5.41, 5.74) is 0.350. The van der Waals surface area contributed by atoms with Crippen LogP contribution in [0.4, 0.5) is 0 Å². The van der Waals surface area contributed by atoms with Crippen LogP contribution in [0.3, 0.4) is 0 Å². The number of rotatable bonds is 5. The molecular formula is C14H21ClN2O2. The van der Waals surface area contributed by atoms with Crippen LogP contribution in [0.1, 0.15) is 56.1 Å². The lowest BCUT2D eigenvalue weighted by Gasteiger charge is -2.21. The van der Waals surface area contributed by atoms with E-state index in [-0.39, 0.29) is 18.4 Å². The second-order valence-corrected chi connectivity index (χ2v) is 5.68. The van der Waals surface area contributed by atoms with Gasteiger partial charge in [-0.3, -0.25) is 4.79 Å². The quantitative estimate of drug-likeness (QED) is 0.817. The number of nitrogens with zero attached hydrogens (tertiary/aromatic N) is 1. The monoisotopic (exact) mass is 284 g/mol. The molecule has 1 atom stereocenters. The summed E-state index contributed by atoms with van der Waals surface area (Å²) in [6, 6.07) is 3.26. The molecule has 2 N–H and O–H groups in total. The maximum Gasteiger partial charge on any atom is 0.251 e. The van der Waals surface area contributed by atoms with Crippen molar-refractivity contribution in [3.05, 3.63) is 28.5 Å². The van der Waals surface area contributed by atoms with Crippen LogP contribution in [0.5, 0.6) is 0 Å². The van der Waals surface area contributed by atoms with Gasteiger partial charge in [-0.2, -0.15) is 0 Å². The van der Waals surface area contributed by atoms with Crippen LogP contribution in [0.25, 0.3) is 0 Å². The Balaban J connectivity index is 2.83. The molecule has 0 aliphatic carbocycles. The van der Waals surface area contributed by atoms with Gasteiger partial charge in [-0.05, 0) is 31.4 Å². The molecule has 4 nitrogen and oxygen atoms in total. The van der Waals surface area contributed by atoms with E-state index < -0.39 is 5.60 Å². The molecule has 19 heavy (non-hydrogen) atoms. The third-order valence-electron chi connectivity index (χ3n) is 3.06. The van der Waals surface area contributed by atoms with Gasteiger partial charge in [-0.1, -0.05) is 32.4 Å². The van der Waals surface area contributed by atoms with Crippen molar-refractivity contribution in [2.75, 3.05) is 6.54 Å². The summed E-state index contributed by atoms with van der Waals surface area (Å²) in [6.07, 6.45) is 0.571. The molecule has 0 aromatic carbocycles. The van der Waals surface area contributed by atoms with Crippen molar-refractivity contribution in [2.24, 2.45) is 0 Å². The first kappa shape index (κ1) is 15.9. The zero-order valence-corrected chi connectivity index (χ0v) is 12.6. The van der Waals surface area contributed by atoms with Gasteiger partial charge in [-0.25, -0.2) is 4.98 Å². The number of amides is 1. The molecule has 0 aliphatic heterocycles. The number of nitrogens with one attached hydrogen (secondary N) is 1. The number of aliphatic hydroxyl groups is 1. The van der Waals surface area contributed by atoms with Crippen molar-refractivity contribution in [3.63, 3.8) is 0 Å². The van der Waals surface area contributed by atoms with E-state index in [1.165, 1.54) is 6.07 Å². The number of hydrogen-bond acceptors (Lipinski definition) is 3. The van der Waals surface area contributed by atoms with Gasteiger partial charge < -0.3 is 10.4 Å². The second kappa shape index (κ2) is 6.35. The Morgan fingerprint density at radius 3 is 2.68 bits per heavy atom. The summed E-state index contributed by atoms with van der Waals surface area (Å²) in [7, 11) is 0. The van der Waals surface area contributed by atoms with Gasteiger partial charge in [0, 0.05) is 17.8 Å². The predicted octanol–water partition coefficient (Wildman–Crippen LogP) is 2.75. The normalized spacial score (nSPS) is 14.3. The smallest absolute Gasteiger partial charge is 0.251 e. The van der Waals surface area contributed by atoms with Crippen LogP contribution in [-0.4, -0.2) is 28.1 Å². The van der Waals surface area contributed by atoms with Crippen molar-refractivity contribution < 1.29 is 9.90 Å². The van der Waals surface area contributed by atoms with E-state index in [2.05, 4.69) is 10.3 Å². The number of pyridine rings is 1. The first-order valence-electron chi connectivity index (χ1n) is 6.43. The maximum absolute atomic E-state index is 12.0. The van der Waals surface area contributed by atoms with Crippen LogP contribution in [0, 0.1) is 0 Å². The average Bonchev–Trinajstić information content (AvgIpc) is 2.35. The van der Waals surface area contributed by atoms with Crippen LogP contribution >= 0.6 is 11.6 Å². The predicted molar refractivity (Wildman–Crippen MR) is 76.6 cm³/mol. The Morgan fingerprint density at radius 1 is 1.53 bits per heavy atom. The van der Waals surface area contributed by atoms with Gasteiger partial charge in [0.25, 0.3) is 5.91 Å². The van der Waals surface area contributed by atoms with Gasteiger partial charge in [0.15, 0.2) is 0 Å². The molecule has 0 spiro atoms. The minimum atomic E-state index is -0.895. The molecular weight excluding hydrogens is 264 g/mol. The number of hydrogen-bond donors (Lipinski definition) is 2. The summed E-state index contributed by atoms with van der Waals surface area (Å²) in [5.74, 6) is -0.0519. The third-order valence-corrected chi connectivity index (χ3v) is 3.25. The maximum atomic E-state index is 12.0. The van der Waals surface area contributed by atoms with Crippen molar-refractivity contribution in [1.29, 1.82) is 0 Å². The second-order valence-electron chi connectivity index (χ2n) is 5.29. The first-order chi connectivity index (χ1) is 8.75. The molecule has 1 rings (SSSR count). The van der Waals surface area contributed by atoms with Crippen LogP contribution < -0.4 is 5.32 Å². The molecule has 0 radical (unpaired) electrons. The molecule has 106 valence electrons. The highest BCUT2D eigenvalue weighted by Gasteiger charge is 2.19. The van der Waals surface area contributed by atoms with Gasteiger partial charge in [0.05, 0.1) is 5.60 Å². The zero-order valence-electron chi connectivity index (χ0n) is 11.8. The minimum absolute atomic E-state index is 0.198. The van der Waals surface area contributed by atoms with Crippen molar-refractivity contribution in [3.8, 4) is 0 Å². The summed E-state index contributed by atoms with van der Waals surface area (Å²) in [5, 5.41) is 12.9. The molecule has 1 unspecified atom stereocenters. The fourth-order valence-electron chi connectivity index (χ4n) is 1.44. The number of halogens is 1. The lowest BCUT2D eigenvalue weighted by atomic mass is 10.0.